The summed E-state index contributed by atoms with van der Waals surface area (Å²) in [4.78, 5) is 41.4. The van der Waals surface area contributed by atoms with Crippen molar-refractivity contribution in [1.29, 1.82) is 0 Å². The summed E-state index contributed by atoms with van der Waals surface area (Å²) in [7, 11) is 1.62. The van der Waals surface area contributed by atoms with Crippen molar-refractivity contribution in [2.24, 2.45) is 16.3 Å². The lowest BCUT2D eigenvalue weighted by atomic mass is 9.73. The van der Waals surface area contributed by atoms with Crippen LogP contribution in [-0.2, 0) is 20.8 Å². The molecule has 0 spiro atoms. The molecule has 0 bridgehead atoms. The van der Waals surface area contributed by atoms with Crippen molar-refractivity contribution in [3.63, 3.8) is 0 Å². The molecule has 2 aliphatic rings. The third kappa shape index (κ3) is 5.64. The van der Waals surface area contributed by atoms with Crippen LogP contribution in [0.2, 0.25) is 0 Å². The predicted octanol–water partition coefficient (Wildman–Crippen LogP) is 1.72. The number of nitrogens with one attached hydrogen (secondary N) is 1. The molecule has 0 saturated carbocycles. The van der Waals surface area contributed by atoms with Gasteiger partial charge in [0.1, 0.15) is 29.6 Å². The Balaban J connectivity index is 1.58. The second kappa shape index (κ2) is 10.3. The lowest BCUT2D eigenvalue weighted by Crippen LogP contribution is -2.62. The van der Waals surface area contributed by atoms with E-state index in [-0.39, 0.29) is 19.1 Å². The highest BCUT2D eigenvalue weighted by molar-refractivity contribution is 6.13. The molecule has 2 aromatic rings. The molecule has 0 radical (unpaired) electrons. The van der Waals surface area contributed by atoms with Crippen LogP contribution in [0.4, 0.5) is 4.39 Å². The molecule has 9 nitrogen and oxygen atoms in total. The molecule has 2 aliphatic heterocycles. The highest BCUT2D eigenvalue weighted by atomic mass is 19.1. The fourth-order valence-corrected chi connectivity index (χ4v) is 4.66. The topological polar surface area (TPSA) is 117 Å². The largest absolute Gasteiger partial charge is 0.491 e. The van der Waals surface area contributed by atoms with Gasteiger partial charge in [0.05, 0.1) is 11.3 Å². The average molecular weight is 510 g/mol. The van der Waals surface area contributed by atoms with E-state index in [0.717, 1.165) is 11.3 Å². The van der Waals surface area contributed by atoms with Crippen LogP contribution >= 0.6 is 0 Å². The Morgan fingerprint density at radius 1 is 1.19 bits per heavy atom. The number of carbonyl (C=O) groups is 3. The Morgan fingerprint density at radius 3 is 2.51 bits per heavy atom. The Bertz CT molecular complexity index is 1200. The molecular weight excluding hydrogens is 477 g/mol. The SMILES string of the molecule is CN1N=C2CCN(C(=O)C(COc3ccc(F)cc3)NC(=O)C(C)(C)N)CC2(Cc2ccccc2)C1=O. The Labute approximate surface area is 215 Å². The number of benzene rings is 2. The van der Waals surface area contributed by atoms with Gasteiger partial charge in [-0.1, -0.05) is 30.3 Å². The van der Waals surface area contributed by atoms with Crippen molar-refractivity contribution in [3.8, 4) is 5.75 Å². The molecule has 2 heterocycles. The van der Waals surface area contributed by atoms with E-state index in [1.165, 1.54) is 43.1 Å². The second-order valence-electron chi connectivity index (χ2n) is 10.1. The minimum atomic E-state index is -1.23. The molecule has 0 aliphatic carbocycles. The van der Waals surface area contributed by atoms with E-state index in [0.29, 0.717) is 25.1 Å². The van der Waals surface area contributed by atoms with Crippen molar-refractivity contribution in [1.82, 2.24) is 15.2 Å². The Kier molecular flexibility index (Phi) is 7.31. The van der Waals surface area contributed by atoms with E-state index in [1.807, 2.05) is 30.3 Å². The van der Waals surface area contributed by atoms with Gasteiger partial charge in [-0.3, -0.25) is 14.4 Å². The number of hydrogen-bond donors (Lipinski definition) is 2. The summed E-state index contributed by atoms with van der Waals surface area (Å²) in [5.74, 6) is -1.16. The highest BCUT2D eigenvalue weighted by Gasteiger charge is 2.54. The number of ether oxygens (including phenoxy) is 1. The van der Waals surface area contributed by atoms with E-state index >= 15 is 0 Å². The van der Waals surface area contributed by atoms with Gasteiger partial charge in [0.15, 0.2) is 0 Å². The van der Waals surface area contributed by atoms with Gasteiger partial charge in [-0.15, -0.1) is 0 Å². The van der Waals surface area contributed by atoms with Crippen LogP contribution in [0.5, 0.6) is 5.75 Å². The fraction of sp³-hybridized carbons (Fsp3) is 0.407. The number of hydrazone groups is 1. The lowest BCUT2D eigenvalue weighted by molar-refractivity contribution is -0.143. The van der Waals surface area contributed by atoms with Crippen LogP contribution in [0.3, 0.4) is 0 Å². The molecule has 2 aromatic carbocycles. The smallest absolute Gasteiger partial charge is 0.256 e. The summed E-state index contributed by atoms with van der Waals surface area (Å²) in [5.41, 5.74) is 5.45. The molecule has 3 amide bonds. The standard InChI is InChI=1S/C27H32FN5O4/c1-26(2,29)24(35)30-21(16-37-20-11-9-19(28)10-12-20)23(34)33-14-13-22-27(17-33,25(36)32(3)31-22)15-18-7-5-4-6-8-18/h4-12,21H,13-17,29H2,1-3H3,(H,30,35). The van der Waals surface area contributed by atoms with Crippen LogP contribution in [0.15, 0.2) is 59.7 Å². The number of fused-ring (bicyclic) bond motifs is 1. The molecule has 37 heavy (non-hydrogen) atoms. The van der Waals surface area contributed by atoms with Gasteiger partial charge in [-0.2, -0.15) is 5.10 Å². The minimum Gasteiger partial charge on any atom is -0.491 e. The maximum atomic E-state index is 13.8. The van der Waals surface area contributed by atoms with Gasteiger partial charge < -0.3 is 20.7 Å². The second-order valence-corrected chi connectivity index (χ2v) is 10.1. The number of likely N-dealkylation sites (tertiary alicyclic amines) is 1. The van der Waals surface area contributed by atoms with Gasteiger partial charge in [0.2, 0.25) is 11.8 Å². The molecule has 0 aromatic heterocycles. The predicted molar refractivity (Wildman–Crippen MR) is 136 cm³/mol. The Morgan fingerprint density at radius 2 is 1.86 bits per heavy atom. The molecule has 1 saturated heterocycles. The van der Waals surface area contributed by atoms with E-state index in [2.05, 4.69) is 10.4 Å². The Hall–Kier alpha value is -3.79. The summed E-state index contributed by atoms with van der Waals surface area (Å²) in [5, 5.41) is 8.53. The summed E-state index contributed by atoms with van der Waals surface area (Å²) < 4.78 is 19.0. The molecule has 2 unspecified atom stereocenters. The highest BCUT2D eigenvalue weighted by Crippen LogP contribution is 2.38. The first kappa shape index (κ1) is 26.3. The molecule has 2 atom stereocenters. The first-order valence-corrected chi connectivity index (χ1v) is 12.2. The monoisotopic (exact) mass is 509 g/mol. The molecular formula is C27H32FN5O4. The number of nitrogens with two attached hydrogens (primary N) is 1. The number of hydrogen-bond acceptors (Lipinski definition) is 6. The third-order valence-electron chi connectivity index (χ3n) is 6.69. The van der Waals surface area contributed by atoms with Crippen LogP contribution < -0.4 is 15.8 Å². The summed E-state index contributed by atoms with van der Waals surface area (Å²) in [6.07, 6.45) is 0.828. The van der Waals surface area contributed by atoms with Crippen LogP contribution in [-0.4, -0.2) is 71.7 Å². The number of halogens is 1. The maximum Gasteiger partial charge on any atom is 0.256 e. The molecule has 1 fully saturated rings. The number of rotatable bonds is 8. The van der Waals surface area contributed by atoms with Crippen LogP contribution in [0, 0.1) is 11.2 Å². The van der Waals surface area contributed by atoms with E-state index in [9.17, 15) is 18.8 Å². The lowest BCUT2D eigenvalue weighted by Gasteiger charge is -2.40. The number of carbonyl (C=O) groups excluding carboxylic acids is 3. The first-order chi connectivity index (χ1) is 17.5. The third-order valence-corrected chi connectivity index (χ3v) is 6.69. The van der Waals surface area contributed by atoms with Gasteiger partial charge >= 0.3 is 0 Å². The summed E-state index contributed by atoms with van der Waals surface area (Å²) in [6, 6.07) is 13.9. The van der Waals surface area contributed by atoms with Crippen LogP contribution in [0.25, 0.3) is 0 Å². The molecule has 10 heteroatoms. The van der Waals surface area contributed by atoms with Crippen LogP contribution in [0.1, 0.15) is 25.8 Å². The maximum absolute atomic E-state index is 13.8. The number of nitrogens with zero attached hydrogens (tertiary/aromatic N) is 3. The normalized spacial score (nSPS) is 20.2. The van der Waals surface area contributed by atoms with Crippen molar-refractivity contribution in [2.75, 3.05) is 26.7 Å². The fourth-order valence-electron chi connectivity index (χ4n) is 4.66. The zero-order valence-corrected chi connectivity index (χ0v) is 21.2. The van der Waals surface area contributed by atoms with E-state index < -0.39 is 34.6 Å². The van der Waals surface area contributed by atoms with Crippen molar-refractivity contribution in [2.45, 2.75) is 38.3 Å². The summed E-state index contributed by atoms with van der Waals surface area (Å²) >= 11 is 0. The van der Waals surface area contributed by atoms with E-state index in [4.69, 9.17) is 10.5 Å². The van der Waals surface area contributed by atoms with Gasteiger partial charge in [-0.25, -0.2) is 9.40 Å². The molecule has 4 rings (SSSR count). The molecule has 196 valence electrons. The first-order valence-electron chi connectivity index (χ1n) is 12.2. The number of piperidine rings is 1. The van der Waals surface area contributed by atoms with Crippen molar-refractivity contribution in [3.05, 3.63) is 66.0 Å². The van der Waals surface area contributed by atoms with Gasteiger partial charge in [0, 0.05) is 26.6 Å². The minimum absolute atomic E-state index is 0.123. The zero-order chi connectivity index (χ0) is 26.8. The number of amides is 3. The summed E-state index contributed by atoms with van der Waals surface area (Å²) in [6.45, 7) is 3.34. The van der Waals surface area contributed by atoms with E-state index in [1.54, 1.807) is 11.9 Å². The average Bonchev–Trinajstić information content (AvgIpc) is 3.11. The quantitative estimate of drug-likeness (QED) is 0.562. The van der Waals surface area contributed by atoms with Crippen molar-refractivity contribution >= 4 is 23.4 Å². The zero-order valence-electron chi connectivity index (χ0n) is 21.2. The van der Waals surface area contributed by atoms with Gasteiger partial charge in [0.25, 0.3) is 5.91 Å². The van der Waals surface area contributed by atoms with Crippen molar-refractivity contribution < 1.29 is 23.5 Å². The van der Waals surface area contributed by atoms with Gasteiger partial charge in [-0.05, 0) is 50.1 Å². The molecule has 3 N–H and O–H groups in total.